The van der Waals surface area contributed by atoms with Crippen LogP contribution in [0, 0.1) is 74.4 Å². The molecule has 0 aromatic heterocycles. The molecule has 12 aliphatic rings. The summed E-state index contributed by atoms with van der Waals surface area (Å²) in [5, 5.41) is 45.0. The van der Waals surface area contributed by atoms with Gasteiger partial charge >= 0.3 is 11.9 Å². The van der Waals surface area contributed by atoms with Crippen LogP contribution in [0.15, 0.2) is 114 Å². The van der Waals surface area contributed by atoms with E-state index < -0.39 is 46.6 Å². The molecule has 7 heteroatoms. The molecule has 0 radical (unpaired) electrons. The minimum atomic E-state index is -1.57. The molecule has 21 unspecified atom stereocenters. The fourth-order valence-electron chi connectivity index (χ4n) is 26.2. The van der Waals surface area contributed by atoms with Crippen molar-refractivity contribution in [2.24, 2.45) is 74.4 Å². The van der Waals surface area contributed by atoms with Crippen molar-refractivity contribution in [3.05, 3.63) is 142 Å². The van der Waals surface area contributed by atoms with Crippen molar-refractivity contribution >= 4 is 22.7 Å². The number of fused-ring (bicyclic) bond motifs is 5. The predicted octanol–water partition coefficient (Wildman–Crippen LogP) is 16.1. The highest BCUT2D eigenvalue weighted by Crippen LogP contribution is 2.88. The van der Waals surface area contributed by atoms with Crippen molar-refractivity contribution in [1.82, 2.24) is 0 Å². The van der Waals surface area contributed by atoms with Crippen LogP contribution in [0.4, 0.5) is 0 Å². The van der Waals surface area contributed by atoms with E-state index in [-0.39, 0.29) is 53.0 Å². The van der Waals surface area contributed by atoms with Gasteiger partial charge in [-0.25, -0.2) is 4.79 Å². The molecule has 0 amide bonds. The summed E-state index contributed by atoms with van der Waals surface area (Å²) in [5.74, 6) is 2.14. The number of allylic oxidation sites excluding steroid dienone is 2. The molecule has 7 nitrogen and oxygen atoms in total. The van der Waals surface area contributed by atoms with Gasteiger partial charge < -0.3 is 24.8 Å². The fraction of sp³-hybridized carbons (Fsp3) is 0.641. The smallest absolute Gasteiger partial charge is 0.331 e. The maximum atomic E-state index is 14.5. The first-order valence-electron chi connectivity index (χ1n) is 34.6. The molecule has 4 aromatic carbocycles. The van der Waals surface area contributed by atoms with E-state index in [1.165, 1.54) is 94.9 Å². The molecule has 0 saturated heterocycles. The minimum absolute atomic E-state index is 0.0479. The Morgan fingerprint density at radius 2 is 1.64 bits per heavy atom. The second kappa shape index (κ2) is 20.0. The van der Waals surface area contributed by atoms with E-state index in [1.807, 2.05) is 5.57 Å². The van der Waals surface area contributed by atoms with Crippen molar-refractivity contribution in [2.45, 2.75) is 229 Å². The molecular formula is C78H96O7. The van der Waals surface area contributed by atoms with Gasteiger partial charge in [-0.1, -0.05) is 149 Å². The third-order valence-corrected chi connectivity index (χ3v) is 28.9. The number of aliphatic hydroxyl groups is 3. The van der Waals surface area contributed by atoms with E-state index >= 15 is 0 Å². The molecule has 4 aromatic rings. The second-order valence-electron chi connectivity index (χ2n) is 31.9. The van der Waals surface area contributed by atoms with Crippen LogP contribution in [0.5, 0.6) is 0 Å². The zero-order valence-electron chi connectivity index (χ0n) is 51.6. The topological polar surface area (TPSA) is 113 Å². The van der Waals surface area contributed by atoms with Crippen molar-refractivity contribution < 1.29 is 34.4 Å². The molecule has 16 rings (SSSR count). The van der Waals surface area contributed by atoms with Crippen molar-refractivity contribution in [1.29, 1.82) is 0 Å². The molecule has 3 N–H and O–H groups in total. The summed E-state index contributed by atoms with van der Waals surface area (Å²) >= 11 is 0. The van der Waals surface area contributed by atoms with Crippen LogP contribution >= 0.6 is 0 Å². The Bertz CT molecular complexity index is 3370. The number of aryl methyl sites for hydroxylation is 1. The Balaban J connectivity index is 0.874. The van der Waals surface area contributed by atoms with Gasteiger partial charge in [0.25, 0.3) is 0 Å². The average Bonchev–Trinajstić information content (AvgIpc) is 1.52. The van der Waals surface area contributed by atoms with Crippen LogP contribution in [0.25, 0.3) is 10.8 Å². The lowest BCUT2D eigenvalue weighted by atomic mass is 9.34. The molecular weight excluding hydrogens is 1050 g/mol. The Morgan fingerprint density at radius 1 is 0.812 bits per heavy atom. The molecule has 1 heterocycles. The third kappa shape index (κ3) is 7.66. The highest BCUT2D eigenvalue weighted by Gasteiger charge is 2.81. The standard InChI is InChI=1S/C78H96O7/c1-47(16-13-19-50-17-7-5-8-18-50)26-29-64(80)78-65(81)31-34-72(4,71(78)63(85-49(3)79)38-48(2)77(78,83)35-30-51-39-66(82)84-45-51)60-42-61-57-24-14-20-52-27-28-58-59-25-11-12-33-74(59,55-21-9-6-10-22-55)44-62-69(68(58)67(52)57)76(61)43-54(60)40-53-41-56-23-15-32-73(56)36-37-75(62,46-73)70(53)76/h5-10,14,17-18,20-22,24,27-28,39-40,47-48,54,56,59-65,69-71,80-81,83H,11-13,15-16,19,23,25-26,29-38,41-46H2,1-4H3. The summed E-state index contributed by atoms with van der Waals surface area (Å²) in [7, 11) is 0. The number of cyclic esters (lactones) is 1. The van der Waals surface area contributed by atoms with Crippen LogP contribution < -0.4 is 0 Å². The summed E-state index contributed by atoms with van der Waals surface area (Å²) < 4.78 is 12.3. The Kier molecular flexibility index (Phi) is 13.1. The Labute approximate surface area is 506 Å². The molecule has 4 bridgehead atoms. The molecule has 85 heavy (non-hydrogen) atoms. The van der Waals surface area contributed by atoms with Crippen LogP contribution in [0.3, 0.4) is 0 Å². The van der Waals surface area contributed by atoms with Gasteiger partial charge in [-0.15, -0.1) is 0 Å². The van der Waals surface area contributed by atoms with Crippen molar-refractivity contribution in [2.75, 3.05) is 6.61 Å². The van der Waals surface area contributed by atoms with Crippen molar-refractivity contribution in [3.8, 4) is 0 Å². The van der Waals surface area contributed by atoms with Gasteiger partial charge in [0, 0.05) is 24.3 Å². The zero-order valence-corrected chi connectivity index (χ0v) is 51.6. The fourth-order valence-corrected chi connectivity index (χ4v) is 26.2. The number of carbonyl (C=O) groups is 2. The van der Waals surface area contributed by atoms with Crippen LogP contribution in [-0.4, -0.2) is 57.8 Å². The number of hydrogen-bond acceptors (Lipinski definition) is 7. The van der Waals surface area contributed by atoms with E-state index in [4.69, 9.17) is 9.47 Å². The van der Waals surface area contributed by atoms with E-state index in [9.17, 15) is 24.9 Å². The van der Waals surface area contributed by atoms with Gasteiger partial charge in [-0.05, 0) is 253 Å². The zero-order chi connectivity index (χ0) is 58.0. The SMILES string of the molecule is CC(=O)OC1CC(C)C(O)(CCC2=CC(=O)OC2)C2(C(O)CCC(C)CCCc3ccccc3)C(O)CCC(C)(C3CC4c5cccc6ccc7c(c56)C5C(CC6(c8ccccc8)CCCCC76)C67CCC8(CCCC8CC8=CC3CC45C86)C7)C12. The van der Waals surface area contributed by atoms with E-state index in [0.717, 1.165) is 56.4 Å². The van der Waals surface area contributed by atoms with Gasteiger partial charge in [0.2, 0.25) is 0 Å². The van der Waals surface area contributed by atoms with Gasteiger partial charge in [-0.3, -0.25) is 4.79 Å². The number of aliphatic hydroxyl groups excluding tert-OH is 2. The summed E-state index contributed by atoms with van der Waals surface area (Å²) in [5.41, 5.74) is 7.87. The van der Waals surface area contributed by atoms with Gasteiger partial charge in [0.1, 0.15) is 12.7 Å². The first-order valence-corrected chi connectivity index (χ1v) is 34.6. The number of hydrogen-bond donors (Lipinski definition) is 3. The summed E-state index contributed by atoms with van der Waals surface area (Å²) in [6.45, 7) is 8.62. The molecule has 21 atom stereocenters. The first-order chi connectivity index (χ1) is 41.1. The van der Waals surface area contributed by atoms with E-state index in [2.05, 4.69) is 118 Å². The third-order valence-electron chi connectivity index (χ3n) is 28.9. The van der Waals surface area contributed by atoms with Gasteiger partial charge in [-0.2, -0.15) is 0 Å². The number of esters is 2. The Hall–Kier alpha value is -4.56. The highest BCUT2D eigenvalue weighted by molar-refractivity contribution is 5.93. The maximum absolute atomic E-state index is 14.5. The predicted molar refractivity (Wildman–Crippen MR) is 333 cm³/mol. The van der Waals surface area contributed by atoms with E-state index in [1.54, 1.807) is 33.7 Å². The number of ether oxygens (including phenoxy) is 2. The molecule has 8 saturated carbocycles. The molecule has 1 aliphatic heterocycles. The monoisotopic (exact) mass is 1140 g/mol. The molecule has 450 valence electrons. The van der Waals surface area contributed by atoms with Gasteiger partial charge in [0.05, 0.1) is 23.2 Å². The van der Waals surface area contributed by atoms with Gasteiger partial charge in [0.15, 0.2) is 0 Å². The quantitative estimate of drug-likeness (QED) is 0.0851. The lowest BCUT2D eigenvalue weighted by Gasteiger charge is -2.72. The number of rotatable bonds is 14. The Morgan fingerprint density at radius 3 is 2.44 bits per heavy atom. The van der Waals surface area contributed by atoms with E-state index in [0.29, 0.717) is 66.6 Å². The minimum Gasteiger partial charge on any atom is -0.462 e. The van der Waals surface area contributed by atoms with Crippen molar-refractivity contribution in [3.63, 3.8) is 0 Å². The highest BCUT2D eigenvalue weighted by atomic mass is 16.5. The average molecular weight is 1150 g/mol. The first kappa shape index (κ1) is 55.7. The molecule has 3 spiro atoms. The van der Waals surface area contributed by atoms with Crippen LogP contribution in [0.1, 0.15) is 221 Å². The summed E-state index contributed by atoms with van der Waals surface area (Å²) in [6, 6.07) is 35.4. The molecule has 8 fully saturated rings. The lowest BCUT2D eigenvalue weighted by Crippen LogP contribution is -2.77. The molecule has 11 aliphatic carbocycles. The lowest BCUT2D eigenvalue weighted by molar-refractivity contribution is -0.329. The summed E-state index contributed by atoms with van der Waals surface area (Å²) in [4.78, 5) is 26.6. The van der Waals surface area contributed by atoms with Crippen LogP contribution in [0.2, 0.25) is 0 Å². The normalized spacial score (nSPS) is 43.7. The largest absolute Gasteiger partial charge is 0.462 e. The maximum Gasteiger partial charge on any atom is 0.331 e. The number of benzene rings is 4. The van der Waals surface area contributed by atoms with Crippen LogP contribution in [-0.2, 0) is 30.9 Å². The number of carbonyl (C=O) groups excluding carboxylic acids is 2. The summed E-state index contributed by atoms with van der Waals surface area (Å²) in [6.07, 6.45) is 26.4. The second-order valence-corrected chi connectivity index (χ2v) is 31.9.